The van der Waals surface area contributed by atoms with E-state index in [1.807, 2.05) is 0 Å². The van der Waals surface area contributed by atoms with Gasteiger partial charge in [0, 0.05) is 17.7 Å². The molecule has 1 aromatic rings. The first kappa shape index (κ1) is 21.5. The lowest BCUT2D eigenvalue weighted by Crippen LogP contribution is -2.38. The van der Waals surface area contributed by atoms with Gasteiger partial charge in [0.05, 0.1) is 12.5 Å². The van der Waals surface area contributed by atoms with Crippen LogP contribution in [0.5, 0.6) is 5.75 Å². The third-order valence-electron chi connectivity index (χ3n) is 4.40. The smallest absolute Gasteiger partial charge is 0.494 e. The molecule has 0 heterocycles. The van der Waals surface area contributed by atoms with E-state index < -0.39 is 30.0 Å². The molecule has 1 aliphatic carbocycles. The summed E-state index contributed by atoms with van der Waals surface area (Å²) in [4.78, 5) is 0. The number of allylic oxidation sites excluding steroid dienone is 1. The second-order valence-corrected chi connectivity index (χ2v) is 6.31. The minimum absolute atomic E-state index is 0.0528. The van der Waals surface area contributed by atoms with Gasteiger partial charge in [-0.05, 0) is 38.5 Å². The van der Waals surface area contributed by atoms with E-state index >= 15 is 0 Å². The van der Waals surface area contributed by atoms with Crippen LogP contribution in [0.15, 0.2) is 18.2 Å². The molecule has 0 bridgehead atoms. The van der Waals surface area contributed by atoms with E-state index in [9.17, 15) is 30.7 Å². The fourth-order valence-electron chi connectivity index (χ4n) is 3.09. The maximum atomic E-state index is 14.0. The van der Waals surface area contributed by atoms with Crippen LogP contribution >= 0.6 is 0 Å². The summed E-state index contributed by atoms with van der Waals surface area (Å²) in [5.74, 6) is -3.42. The molecule has 152 valence electrons. The average molecular weight is 400 g/mol. The van der Waals surface area contributed by atoms with E-state index in [2.05, 4.69) is 4.74 Å². The summed E-state index contributed by atoms with van der Waals surface area (Å²) >= 11 is 0. The van der Waals surface area contributed by atoms with Crippen LogP contribution in [0.4, 0.5) is 30.7 Å². The standard InChI is InChI=1S/C18H19F7O2/c1-2-26-13-9-15(19)14(16(20)10-13)8-5-11-3-6-12(7-4-11)17(21,22)27-18(23,24)25/h5,8-12H,2-4,6-7H2,1H3/b8-5+. The van der Waals surface area contributed by atoms with Crippen LogP contribution < -0.4 is 4.74 Å². The maximum Gasteiger partial charge on any atom is 0.527 e. The summed E-state index contributed by atoms with van der Waals surface area (Å²) in [5, 5.41) is 0. The van der Waals surface area contributed by atoms with Crippen molar-refractivity contribution < 1.29 is 40.2 Å². The minimum atomic E-state index is -5.41. The van der Waals surface area contributed by atoms with Crippen molar-refractivity contribution in [3.8, 4) is 5.75 Å². The van der Waals surface area contributed by atoms with Crippen molar-refractivity contribution in [2.75, 3.05) is 6.61 Å². The third-order valence-corrected chi connectivity index (χ3v) is 4.40. The van der Waals surface area contributed by atoms with Crippen LogP contribution in [-0.4, -0.2) is 19.1 Å². The molecule has 2 nitrogen and oxygen atoms in total. The van der Waals surface area contributed by atoms with Gasteiger partial charge in [0.25, 0.3) is 0 Å². The summed E-state index contributed by atoms with van der Waals surface area (Å²) in [6.45, 7) is 1.92. The van der Waals surface area contributed by atoms with E-state index in [1.54, 1.807) is 6.92 Å². The first-order valence-corrected chi connectivity index (χ1v) is 8.46. The van der Waals surface area contributed by atoms with Crippen LogP contribution in [0.2, 0.25) is 0 Å². The monoisotopic (exact) mass is 400 g/mol. The summed E-state index contributed by atoms with van der Waals surface area (Å²) in [5.41, 5.74) is -0.286. The number of benzene rings is 1. The van der Waals surface area contributed by atoms with E-state index in [0.717, 1.165) is 12.1 Å². The van der Waals surface area contributed by atoms with Crippen LogP contribution in [0.25, 0.3) is 6.08 Å². The second-order valence-electron chi connectivity index (χ2n) is 6.31. The zero-order valence-corrected chi connectivity index (χ0v) is 14.5. The van der Waals surface area contributed by atoms with Crippen molar-refractivity contribution in [2.45, 2.75) is 45.1 Å². The Morgan fingerprint density at radius 3 is 2.04 bits per heavy atom. The molecule has 0 atom stereocenters. The molecule has 1 aliphatic rings. The number of halogens is 7. The quantitative estimate of drug-likeness (QED) is 0.521. The van der Waals surface area contributed by atoms with Crippen LogP contribution in [0, 0.1) is 23.5 Å². The van der Waals surface area contributed by atoms with Gasteiger partial charge in [-0.15, -0.1) is 13.2 Å². The van der Waals surface area contributed by atoms with Crippen molar-refractivity contribution in [3.63, 3.8) is 0 Å². The Hall–Kier alpha value is -1.77. The van der Waals surface area contributed by atoms with Crippen molar-refractivity contribution in [2.24, 2.45) is 11.8 Å². The van der Waals surface area contributed by atoms with Gasteiger partial charge in [0.15, 0.2) is 0 Å². The zero-order valence-electron chi connectivity index (χ0n) is 14.5. The number of hydrogen-bond donors (Lipinski definition) is 0. The van der Waals surface area contributed by atoms with E-state index in [-0.39, 0.29) is 49.5 Å². The molecule has 0 amide bonds. The fraction of sp³-hybridized carbons (Fsp3) is 0.556. The Morgan fingerprint density at radius 2 is 1.56 bits per heavy atom. The number of rotatable bonds is 6. The Kier molecular flexibility index (Phi) is 6.77. The van der Waals surface area contributed by atoms with E-state index in [0.29, 0.717) is 0 Å². The molecule has 1 aromatic carbocycles. The minimum Gasteiger partial charge on any atom is -0.494 e. The maximum absolute atomic E-state index is 14.0. The van der Waals surface area contributed by atoms with Crippen LogP contribution in [0.1, 0.15) is 38.2 Å². The normalized spacial score (nSPS) is 21.6. The van der Waals surface area contributed by atoms with Gasteiger partial charge in [0.2, 0.25) is 0 Å². The molecule has 1 fully saturated rings. The molecule has 0 saturated heterocycles. The van der Waals surface area contributed by atoms with Crippen molar-refractivity contribution in [3.05, 3.63) is 35.4 Å². The van der Waals surface area contributed by atoms with E-state index in [4.69, 9.17) is 4.74 Å². The zero-order chi connectivity index (χ0) is 20.2. The van der Waals surface area contributed by atoms with Gasteiger partial charge < -0.3 is 4.74 Å². The van der Waals surface area contributed by atoms with Crippen LogP contribution in [-0.2, 0) is 4.74 Å². The molecular weight excluding hydrogens is 381 g/mol. The lowest BCUT2D eigenvalue weighted by molar-refractivity contribution is -0.438. The van der Waals surface area contributed by atoms with Crippen molar-refractivity contribution >= 4 is 6.08 Å². The third kappa shape index (κ3) is 6.12. The summed E-state index contributed by atoms with van der Waals surface area (Å²) in [7, 11) is 0. The Morgan fingerprint density at radius 1 is 1.00 bits per heavy atom. The number of alkyl halides is 5. The Labute approximate surface area is 152 Å². The highest BCUT2D eigenvalue weighted by atomic mass is 19.4. The second kappa shape index (κ2) is 8.50. The van der Waals surface area contributed by atoms with Crippen LogP contribution in [0.3, 0.4) is 0 Å². The first-order chi connectivity index (χ1) is 12.5. The van der Waals surface area contributed by atoms with Gasteiger partial charge in [-0.1, -0.05) is 12.2 Å². The highest BCUT2D eigenvalue weighted by Gasteiger charge is 2.50. The first-order valence-electron chi connectivity index (χ1n) is 8.46. The Bertz CT molecular complexity index is 639. The van der Waals surface area contributed by atoms with Crippen molar-refractivity contribution in [1.82, 2.24) is 0 Å². The highest BCUT2D eigenvalue weighted by Crippen LogP contribution is 2.42. The summed E-state index contributed by atoms with van der Waals surface area (Å²) in [6.07, 6.45) is -7.05. The predicted molar refractivity (Wildman–Crippen MR) is 84.1 cm³/mol. The number of hydrogen-bond acceptors (Lipinski definition) is 2. The molecule has 2 rings (SSSR count). The van der Waals surface area contributed by atoms with Crippen molar-refractivity contribution in [1.29, 1.82) is 0 Å². The average Bonchev–Trinajstić information content (AvgIpc) is 2.52. The fourth-order valence-corrected chi connectivity index (χ4v) is 3.09. The van der Waals surface area contributed by atoms with E-state index in [1.165, 1.54) is 12.2 Å². The summed E-state index contributed by atoms with van der Waals surface area (Å²) in [6, 6.07) is 2.08. The van der Waals surface area contributed by atoms with Gasteiger partial charge in [0.1, 0.15) is 17.4 Å². The van der Waals surface area contributed by atoms with Gasteiger partial charge in [-0.2, -0.15) is 8.78 Å². The highest BCUT2D eigenvalue weighted by molar-refractivity contribution is 5.53. The van der Waals surface area contributed by atoms with Gasteiger partial charge in [-0.25, -0.2) is 13.5 Å². The molecule has 0 N–H and O–H groups in total. The molecule has 0 radical (unpaired) electrons. The van der Waals surface area contributed by atoms with Gasteiger partial charge in [-0.3, -0.25) is 0 Å². The lowest BCUT2D eigenvalue weighted by atomic mass is 9.81. The molecule has 0 unspecified atom stereocenters. The lowest BCUT2D eigenvalue weighted by Gasteiger charge is -2.32. The predicted octanol–water partition coefficient (Wildman–Crippen LogP) is 6.31. The van der Waals surface area contributed by atoms with Gasteiger partial charge >= 0.3 is 12.5 Å². The molecule has 0 aromatic heterocycles. The molecule has 0 spiro atoms. The summed E-state index contributed by atoms with van der Waals surface area (Å²) < 4.78 is 99.1. The molecule has 27 heavy (non-hydrogen) atoms. The SMILES string of the molecule is CCOc1cc(F)c(/C=C/C2CCC(C(F)(F)OC(F)(F)F)CC2)c(F)c1. The number of ether oxygens (including phenoxy) is 2. The largest absolute Gasteiger partial charge is 0.527 e. The molecule has 0 aliphatic heterocycles. The molecule has 9 heteroatoms. The Balaban J connectivity index is 1.98. The topological polar surface area (TPSA) is 18.5 Å². The molecule has 1 saturated carbocycles. The molecular formula is C18H19F7O2.